The van der Waals surface area contributed by atoms with Gasteiger partial charge in [0.1, 0.15) is 0 Å². The number of likely N-dealkylation sites (tertiary alicyclic amines) is 1. The third kappa shape index (κ3) is 3.35. The smallest absolute Gasteiger partial charge is 0.167 e. The molecule has 18 heavy (non-hydrogen) atoms. The van der Waals surface area contributed by atoms with Crippen molar-refractivity contribution >= 4 is 5.69 Å². The van der Waals surface area contributed by atoms with Crippen molar-refractivity contribution in [3.63, 3.8) is 0 Å². The Morgan fingerprint density at radius 1 is 1.33 bits per heavy atom. The molecule has 1 heterocycles. The maximum Gasteiger partial charge on any atom is 0.167 e. The number of hydrogen-bond acceptors (Lipinski definition) is 3. The van der Waals surface area contributed by atoms with E-state index in [4.69, 9.17) is 10.5 Å². The van der Waals surface area contributed by atoms with Gasteiger partial charge in [-0.25, -0.2) is 4.39 Å². The number of nitrogens with zero attached hydrogens (tertiary/aromatic N) is 1. The van der Waals surface area contributed by atoms with Crippen LogP contribution in [0.25, 0.3) is 0 Å². The average Bonchev–Trinajstić information content (AvgIpc) is 2.84. The van der Waals surface area contributed by atoms with Crippen molar-refractivity contribution < 1.29 is 9.13 Å². The molecule has 0 saturated carbocycles. The molecule has 100 valence electrons. The summed E-state index contributed by atoms with van der Waals surface area (Å²) in [4.78, 5) is 2.42. The first-order chi connectivity index (χ1) is 8.66. The second-order valence-electron chi connectivity index (χ2n) is 4.89. The highest BCUT2D eigenvalue weighted by Gasteiger charge is 2.11. The first kappa shape index (κ1) is 13.1. The highest BCUT2D eigenvalue weighted by Crippen LogP contribution is 2.23. The van der Waals surface area contributed by atoms with E-state index in [0.29, 0.717) is 18.0 Å². The van der Waals surface area contributed by atoms with Crippen LogP contribution < -0.4 is 10.5 Å². The molecule has 1 aromatic rings. The predicted octanol–water partition coefficient (Wildman–Crippen LogP) is 2.58. The highest BCUT2D eigenvalue weighted by atomic mass is 19.1. The molecule has 0 aliphatic carbocycles. The summed E-state index contributed by atoms with van der Waals surface area (Å²) in [6, 6.07) is 2.99. The van der Waals surface area contributed by atoms with Crippen LogP contribution in [0.15, 0.2) is 12.1 Å². The van der Waals surface area contributed by atoms with Crippen molar-refractivity contribution in [1.82, 2.24) is 4.90 Å². The molecule has 3 nitrogen and oxygen atoms in total. The van der Waals surface area contributed by atoms with Gasteiger partial charge in [-0.2, -0.15) is 0 Å². The van der Waals surface area contributed by atoms with E-state index in [9.17, 15) is 4.39 Å². The van der Waals surface area contributed by atoms with Crippen LogP contribution in [-0.2, 0) is 0 Å². The molecule has 0 bridgehead atoms. The molecule has 1 fully saturated rings. The van der Waals surface area contributed by atoms with E-state index in [0.717, 1.165) is 18.5 Å². The van der Waals surface area contributed by atoms with E-state index in [2.05, 4.69) is 4.90 Å². The van der Waals surface area contributed by atoms with Gasteiger partial charge in [0.15, 0.2) is 11.6 Å². The Balaban J connectivity index is 1.77. The first-order valence-corrected chi connectivity index (χ1v) is 6.57. The minimum absolute atomic E-state index is 0.308. The number of aryl methyl sites for hydroxylation is 1. The van der Waals surface area contributed by atoms with E-state index >= 15 is 0 Å². The molecule has 1 saturated heterocycles. The van der Waals surface area contributed by atoms with Gasteiger partial charge in [-0.05, 0) is 50.9 Å². The van der Waals surface area contributed by atoms with Gasteiger partial charge in [0.2, 0.25) is 0 Å². The maximum atomic E-state index is 13.5. The van der Waals surface area contributed by atoms with Crippen molar-refractivity contribution in [1.29, 1.82) is 0 Å². The third-order valence-corrected chi connectivity index (χ3v) is 3.40. The van der Waals surface area contributed by atoms with Gasteiger partial charge in [-0.3, -0.25) is 0 Å². The molecule has 2 rings (SSSR count). The lowest BCUT2D eigenvalue weighted by molar-refractivity contribution is 0.256. The van der Waals surface area contributed by atoms with Gasteiger partial charge >= 0.3 is 0 Å². The van der Waals surface area contributed by atoms with Crippen LogP contribution in [0, 0.1) is 12.7 Å². The average molecular weight is 252 g/mol. The summed E-state index contributed by atoms with van der Waals surface area (Å²) in [7, 11) is 0. The van der Waals surface area contributed by atoms with Crippen molar-refractivity contribution in [2.75, 3.05) is 32.0 Å². The van der Waals surface area contributed by atoms with Crippen molar-refractivity contribution in [2.45, 2.75) is 26.2 Å². The Bertz CT molecular complexity index is 403. The molecule has 1 aliphatic heterocycles. The van der Waals surface area contributed by atoms with Crippen LogP contribution in [0.3, 0.4) is 0 Å². The summed E-state index contributed by atoms with van der Waals surface area (Å²) in [6.45, 7) is 5.82. The number of nitrogens with two attached hydrogens (primary N) is 1. The van der Waals surface area contributed by atoms with Gasteiger partial charge in [0.05, 0.1) is 6.61 Å². The number of halogens is 1. The Morgan fingerprint density at radius 3 is 2.78 bits per heavy atom. The normalized spacial score (nSPS) is 16.1. The number of benzene rings is 1. The predicted molar refractivity (Wildman–Crippen MR) is 71.3 cm³/mol. The highest BCUT2D eigenvalue weighted by molar-refractivity contribution is 5.50. The largest absolute Gasteiger partial charge is 0.490 e. The van der Waals surface area contributed by atoms with Gasteiger partial charge in [0, 0.05) is 18.3 Å². The number of hydrogen-bond donors (Lipinski definition) is 1. The molecule has 0 unspecified atom stereocenters. The Hall–Kier alpha value is -1.29. The summed E-state index contributed by atoms with van der Waals surface area (Å²) in [5, 5.41) is 0. The quantitative estimate of drug-likeness (QED) is 0.646. The summed E-state index contributed by atoms with van der Waals surface area (Å²) in [5.74, 6) is -0.0672. The Labute approximate surface area is 108 Å². The van der Waals surface area contributed by atoms with E-state index in [-0.39, 0.29) is 5.82 Å². The molecular formula is C14H21FN2O. The van der Waals surface area contributed by atoms with Crippen LogP contribution in [0.2, 0.25) is 0 Å². The molecule has 0 atom stereocenters. The minimum Gasteiger partial charge on any atom is -0.490 e. The van der Waals surface area contributed by atoms with Crippen LogP contribution in [0.4, 0.5) is 10.1 Å². The molecule has 0 aromatic heterocycles. The molecule has 0 spiro atoms. The number of ether oxygens (including phenoxy) is 1. The van der Waals surface area contributed by atoms with E-state index in [1.54, 1.807) is 6.07 Å². The van der Waals surface area contributed by atoms with Gasteiger partial charge in [0.25, 0.3) is 0 Å². The maximum absolute atomic E-state index is 13.5. The SMILES string of the molecule is Cc1cc(OCCCN2CCCC2)c(F)cc1N. The molecule has 4 heteroatoms. The zero-order chi connectivity index (χ0) is 13.0. The molecule has 1 aromatic carbocycles. The number of rotatable bonds is 5. The second-order valence-corrected chi connectivity index (χ2v) is 4.89. The van der Waals surface area contributed by atoms with Crippen LogP contribution >= 0.6 is 0 Å². The molecule has 1 aliphatic rings. The lowest BCUT2D eigenvalue weighted by atomic mass is 10.2. The van der Waals surface area contributed by atoms with Gasteiger partial charge in [-0.15, -0.1) is 0 Å². The standard InChI is InChI=1S/C14H21FN2O/c1-11-9-14(12(15)10-13(11)16)18-8-4-7-17-5-2-3-6-17/h9-10H,2-8,16H2,1H3. The van der Waals surface area contributed by atoms with Gasteiger partial charge in [-0.1, -0.05) is 0 Å². The van der Waals surface area contributed by atoms with E-state index in [1.165, 1.54) is 32.0 Å². The second kappa shape index (κ2) is 6.05. The Morgan fingerprint density at radius 2 is 2.06 bits per heavy atom. The fraction of sp³-hybridized carbons (Fsp3) is 0.571. The fourth-order valence-corrected chi connectivity index (χ4v) is 2.26. The Kier molecular flexibility index (Phi) is 4.42. The molecular weight excluding hydrogens is 231 g/mol. The topological polar surface area (TPSA) is 38.5 Å². The summed E-state index contributed by atoms with van der Waals surface area (Å²) < 4.78 is 19.0. The van der Waals surface area contributed by atoms with Crippen molar-refractivity contribution in [2.24, 2.45) is 0 Å². The van der Waals surface area contributed by atoms with Crippen LogP contribution in [0.5, 0.6) is 5.75 Å². The molecule has 0 radical (unpaired) electrons. The summed E-state index contributed by atoms with van der Waals surface area (Å²) in [6.07, 6.45) is 3.53. The van der Waals surface area contributed by atoms with Gasteiger partial charge < -0.3 is 15.4 Å². The third-order valence-electron chi connectivity index (χ3n) is 3.40. The van der Waals surface area contributed by atoms with Crippen molar-refractivity contribution in [3.8, 4) is 5.75 Å². The summed E-state index contributed by atoms with van der Waals surface area (Å²) >= 11 is 0. The molecule has 0 amide bonds. The number of nitrogen functional groups attached to an aromatic ring is 1. The first-order valence-electron chi connectivity index (χ1n) is 6.57. The lowest BCUT2D eigenvalue weighted by Crippen LogP contribution is -2.22. The fourth-order valence-electron chi connectivity index (χ4n) is 2.26. The minimum atomic E-state index is -0.376. The zero-order valence-corrected chi connectivity index (χ0v) is 10.9. The monoisotopic (exact) mass is 252 g/mol. The summed E-state index contributed by atoms with van der Waals surface area (Å²) in [5.41, 5.74) is 6.95. The molecule has 2 N–H and O–H groups in total. The zero-order valence-electron chi connectivity index (χ0n) is 10.9. The number of anilines is 1. The lowest BCUT2D eigenvalue weighted by Gasteiger charge is -2.15. The van der Waals surface area contributed by atoms with E-state index < -0.39 is 0 Å². The van der Waals surface area contributed by atoms with Crippen LogP contribution in [-0.4, -0.2) is 31.1 Å². The van der Waals surface area contributed by atoms with Crippen LogP contribution in [0.1, 0.15) is 24.8 Å². The van der Waals surface area contributed by atoms with Crippen molar-refractivity contribution in [3.05, 3.63) is 23.5 Å². The van der Waals surface area contributed by atoms with E-state index in [1.807, 2.05) is 6.92 Å².